The van der Waals surface area contributed by atoms with E-state index in [9.17, 15) is 9.00 Å². The van der Waals surface area contributed by atoms with Crippen LogP contribution < -0.4 is 11.0 Å². The zero-order valence-corrected chi connectivity index (χ0v) is 13.6. The molecule has 2 aromatic rings. The van der Waals surface area contributed by atoms with E-state index in [0.29, 0.717) is 29.5 Å². The van der Waals surface area contributed by atoms with Crippen molar-refractivity contribution < 1.29 is 4.21 Å². The number of anilines is 1. The summed E-state index contributed by atoms with van der Waals surface area (Å²) in [6, 6.07) is 0. The Labute approximate surface area is 125 Å². The van der Waals surface area contributed by atoms with Gasteiger partial charge < -0.3 is 5.32 Å². The van der Waals surface area contributed by atoms with Gasteiger partial charge in [-0.15, -0.1) is 5.10 Å². The van der Waals surface area contributed by atoms with E-state index in [1.54, 1.807) is 6.20 Å². The van der Waals surface area contributed by atoms with Crippen LogP contribution in [0.1, 0.15) is 33.4 Å². The van der Waals surface area contributed by atoms with Crippen molar-refractivity contribution in [1.29, 1.82) is 0 Å². The maximum absolute atomic E-state index is 11.8. The van der Waals surface area contributed by atoms with Crippen molar-refractivity contribution in [3.63, 3.8) is 0 Å². The molecule has 0 saturated heterocycles. The molecule has 0 saturated carbocycles. The number of fused-ring (bicyclic) bond motifs is 1. The van der Waals surface area contributed by atoms with E-state index in [2.05, 4.69) is 20.5 Å². The van der Waals surface area contributed by atoms with Gasteiger partial charge in [0.15, 0.2) is 5.82 Å². The maximum Gasteiger partial charge on any atom is 0.347 e. The number of nitrogens with one attached hydrogen (secondary N) is 2. The number of aromatic nitrogens is 4. The van der Waals surface area contributed by atoms with Gasteiger partial charge in [0, 0.05) is 40.5 Å². The van der Waals surface area contributed by atoms with E-state index < -0.39 is 10.8 Å². The number of aromatic amines is 1. The second-order valence-electron chi connectivity index (χ2n) is 5.81. The molecule has 8 heteroatoms. The molecule has 0 amide bonds. The summed E-state index contributed by atoms with van der Waals surface area (Å²) in [7, 11) is -0.839. The summed E-state index contributed by atoms with van der Waals surface area (Å²) in [6.45, 7) is 8.50. The Morgan fingerprint density at radius 3 is 2.76 bits per heavy atom. The zero-order valence-electron chi connectivity index (χ0n) is 12.8. The number of H-pyrrole nitrogens is 1. The van der Waals surface area contributed by atoms with Crippen molar-refractivity contribution in [1.82, 2.24) is 19.6 Å². The fraction of sp³-hybridized carbons (Fsp3) is 0.615. The molecule has 0 spiro atoms. The van der Waals surface area contributed by atoms with Gasteiger partial charge in [-0.2, -0.15) is 0 Å². The molecule has 0 aliphatic heterocycles. The number of hydrogen-bond donors (Lipinski definition) is 2. The molecule has 21 heavy (non-hydrogen) atoms. The molecule has 0 radical (unpaired) electrons. The Morgan fingerprint density at radius 2 is 2.14 bits per heavy atom. The Morgan fingerprint density at radius 1 is 1.43 bits per heavy atom. The van der Waals surface area contributed by atoms with E-state index in [0.717, 1.165) is 5.69 Å². The van der Waals surface area contributed by atoms with E-state index in [4.69, 9.17) is 0 Å². The molecule has 2 rings (SSSR count). The highest BCUT2D eigenvalue weighted by atomic mass is 32.2. The highest BCUT2D eigenvalue weighted by Gasteiger charge is 2.19. The van der Waals surface area contributed by atoms with Crippen LogP contribution >= 0.6 is 0 Å². The van der Waals surface area contributed by atoms with Crippen LogP contribution in [0.5, 0.6) is 0 Å². The molecule has 2 N–H and O–H groups in total. The molecule has 1 unspecified atom stereocenters. The van der Waals surface area contributed by atoms with Crippen LogP contribution in [0, 0.1) is 0 Å². The van der Waals surface area contributed by atoms with Crippen LogP contribution in [-0.4, -0.2) is 41.8 Å². The van der Waals surface area contributed by atoms with Crippen LogP contribution in [-0.2, 0) is 16.2 Å². The summed E-state index contributed by atoms with van der Waals surface area (Å²) in [5.41, 5.74) is 0.763. The van der Waals surface area contributed by atoms with Crippen LogP contribution in [0.3, 0.4) is 0 Å². The van der Waals surface area contributed by atoms with Gasteiger partial charge in [-0.1, -0.05) is 27.7 Å². The average Bonchev–Trinajstić information content (AvgIpc) is 2.79. The third-order valence-electron chi connectivity index (χ3n) is 3.11. The monoisotopic (exact) mass is 311 g/mol. The highest BCUT2D eigenvalue weighted by Crippen LogP contribution is 2.22. The first-order chi connectivity index (χ1) is 9.82. The molecule has 0 bridgehead atoms. The Hall–Kier alpha value is -1.70. The van der Waals surface area contributed by atoms with E-state index >= 15 is 0 Å². The maximum atomic E-state index is 11.8. The van der Waals surface area contributed by atoms with Crippen molar-refractivity contribution in [2.24, 2.45) is 0 Å². The minimum absolute atomic E-state index is 0.187. The first-order valence-corrected chi connectivity index (χ1v) is 8.39. The third-order valence-corrected chi connectivity index (χ3v) is 4.42. The van der Waals surface area contributed by atoms with Crippen LogP contribution in [0.25, 0.3) is 5.65 Å². The first kappa shape index (κ1) is 15.7. The van der Waals surface area contributed by atoms with Gasteiger partial charge in [-0.05, 0) is 0 Å². The summed E-state index contributed by atoms with van der Waals surface area (Å²) in [5.74, 6) is 1.71. The summed E-state index contributed by atoms with van der Waals surface area (Å²) in [5, 5.41) is 9.54. The van der Waals surface area contributed by atoms with Gasteiger partial charge in [0.05, 0.1) is 5.69 Å². The quantitative estimate of drug-likeness (QED) is 0.856. The minimum atomic E-state index is -0.839. The molecule has 2 aromatic heterocycles. The summed E-state index contributed by atoms with van der Waals surface area (Å²) in [6.07, 6.45) is 1.70. The lowest BCUT2D eigenvalue weighted by Gasteiger charge is -2.19. The summed E-state index contributed by atoms with van der Waals surface area (Å²) < 4.78 is 12.9. The molecule has 0 aromatic carbocycles. The van der Waals surface area contributed by atoms with Crippen LogP contribution in [0.2, 0.25) is 0 Å². The standard InChI is InChI=1S/C13H21N5O2S/c1-5-21(20)7-6-14-10-11-16-17-12(19)18(11)8-9(15-10)13(2,3)4/h8H,5-7H2,1-4H3,(H,14,15)(H,17,19). The largest absolute Gasteiger partial charge is 0.366 e. The van der Waals surface area contributed by atoms with Gasteiger partial charge in [-0.25, -0.2) is 19.3 Å². The van der Waals surface area contributed by atoms with Crippen molar-refractivity contribution in [3.8, 4) is 0 Å². The van der Waals surface area contributed by atoms with Crippen molar-refractivity contribution in [2.75, 3.05) is 23.4 Å². The smallest absolute Gasteiger partial charge is 0.347 e. The molecule has 0 aliphatic rings. The van der Waals surface area contributed by atoms with Gasteiger partial charge in [-0.3, -0.25) is 4.21 Å². The van der Waals surface area contributed by atoms with Crippen molar-refractivity contribution >= 4 is 22.3 Å². The summed E-state index contributed by atoms with van der Waals surface area (Å²) in [4.78, 5) is 16.3. The summed E-state index contributed by atoms with van der Waals surface area (Å²) >= 11 is 0. The highest BCUT2D eigenvalue weighted by molar-refractivity contribution is 7.84. The second-order valence-corrected chi connectivity index (χ2v) is 7.67. The number of hydrogen-bond acceptors (Lipinski definition) is 5. The average molecular weight is 311 g/mol. The Balaban J connectivity index is 2.37. The molecule has 0 fully saturated rings. The molecular weight excluding hydrogens is 290 g/mol. The fourth-order valence-electron chi connectivity index (χ4n) is 1.82. The fourth-order valence-corrected chi connectivity index (χ4v) is 2.44. The van der Waals surface area contributed by atoms with Crippen molar-refractivity contribution in [3.05, 3.63) is 22.4 Å². The predicted octanol–water partition coefficient (Wildman–Crippen LogP) is 0.896. The molecule has 1 atom stereocenters. The molecule has 116 valence electrons. The third kappa shape index (κ3) is 3.49. The topological polar surface area (TPSA) is 92.2 Å². The van der Waals surface area contributed by atoms with Gasteiger partial charge in [0.1, 0.15) is 0 Å². The lowest BCUT2D eigenvalue weighted by Crippen LogP contribution is -2.20. The van der Waals surface area contributed by atoms with Crippen LogP contribution in [0.15, 0.2) is 11.0 Å². The molecular formula is C13H21N5O2S. The molecule has 7 nitrogen and oxygen atoms in total. The van der Waals surface area contributed by atoms with Gasteiger partial charge in [0.2, 0.25) is 5.65 Å². The predicted molar refractivity (Wildman–Crippen MR) is 84.3 cm³/mol. The van der Waals surface area contributed by atoms with Crippen LogP contribution in [0.4, 0.5) is 5.82 Å². The lowest BCUT2D eigenvalue weighted by molar-refractivity contribution is 0.565. The van der Waals surface area contributed by atoms with Gasteiger partial charge >= 0.3 is 5.69 Å². The number of nitrogens with zero attached hydrogens (tertiary/aromatic N) is 3. The molecule has 2 heterocycles. The Kier molecular flexibility index (Phi) is 4.46. The first-order valence-electron chi connectivity index (χ1n) is 6.90. The van der Waals surface area contributed by atoms with E-state index in [-0.39, 0.29) is 11.1 Å². The SMILES string of the molecule is CCS(=O)CCNc1nc(C(C)(C)C)cn2c(=O)[nH]nc12. The van der Waals surface area contributed by atoms with E-state index in [1.807, 2.05) is 27.7 Å². The second kappa shape index (κ2) is 5.97. The zero-order chi connectivity index (χ0) is 15.6. The Bertz CT molecular complexity index is 713. The number of rotatable bonds is 5. The van der Waals surface area contributed by atoms with Crippen molar-refractivity contribution in [2.45, 2.75) is 33.1 Å². The van der Waals surface area contributed by atoms with E-state index in [1.165, 1.54) is 4.40 Å². The lowest BCUT2D eigenvalue weighted by atomic mass is 9.93. The molecule has 0 aliphatic carbocycles. The minimum Gasteiger partial charge on any atom is -0.366 e. The van der Waals surface area contributed by atoms with Gasteiger partial charge in [0.25, 0.3) is 0 Å². The normalized spacial score (nSPS) is 13.5.